The molecule has 2 amide bonds. The number of nitrogens with one attached hydrogen (secondary N) is 2. The molecule has 32 heavy (non-hydrogen) atoms. The van der Waals surface area contributed by atoms with Gasteiger partial charge in [0.2, 0.25) is 11.8 Å². The molecule has 1 aliphatic heterocycles. The first-order valence-electron chi connectivity index (χ1n) is 11.0. The highest BCUT2D eigenvalue weighted by atomic mass is 16.2. The number of nitrogens with zero attached hydrogens (tertiary/aromatic N) is 3. The monoisotopic (exact) mass is 431 g/mol. The maximum absolute atomic E-state index is 12.9. The van der Waals surface area contributed by atoms with Crippen LogP contribution in [0.3, 0.4) is 0 Å². The number of hydrogen-bond acceptors (Lipinski definition) is 4. The van der Waals surface area contributed by atoms with Crippen molar-refractivity contribution in [3.8, 4) is 0 Å². The number of aromatic nitrogens is 2. The van der Waals surface area contributed by atoms with Gasteiger partial charge in [-0.05, 0) is 17.2 Å². The van der Waals surface area contributed by atoms with Crippen LogP contribution in [0.15, 0.2) is 72.9 Å². The minimum absolute atomic E-state index is 0.0670. The normalized spacial score (nSPS) is 16.7. The lowest BCUT2D eigenvalue weighted by atomic mass is 9.90. The molecule has 1 unspecified atom stereocenters. The fourth-order valence-electron chi connectivity index (χ4n) is 4.25. The van der Waals surface area contributed by atoms with Gasteiger partial charge in [0.05, 0.1) is 24.7 Å². The Morgan fingerprint density at radius 3 is 2.34 bits per heavy atom. The van der Waals surface area contributed by atoms with Crippen LogP contribution >= 0.6 is 0 Å². The van der Waals surface area contributed by atoms with Crippen LogP contribution in [-0.4, -0.2) is 64.5 Å². The highest BCUT2D eigenvalue weighted by Gasteiger charge is 2.34. The number of piperazine rings is 1. The van der Waals surface area contributed by atoms with Gasteiger partial charge < -0.3 is 10.2 Å². The van der Waals surface area contributed by atoms with Crippen molar-refractivity contribution in [1.29, 1.82) is 0 Å². The molecular weight excluding hydrogens is 402 g/mol. The van der Waals surface area contributed by atoms with Crippen molar-refractivity contribution < 1.29 is 9.59 Å². The molecule has 2 N–H and O–H groups in total. The average Bonchev–Trinajstić information content (AvgIpc) is 3.33. The third kappa shape index (κ3) is 5.23. The number of carbonyl (C=O) groups is 2. The van der Waals surface area contributed by atoms with Crippen LogP contribution in [0.25, 0.3) is 0 Å². The molecule has 1 aliphatic rings. The van der Waals surface area contributed by atoms with E-state index in [9.17, 15) is 9.59 Å². The van der Waals surface area contributed by atoms with Gasteiger partial charge in [0.25, 0.3) is 0 Å². The van der Waals surface area contributed by atoms with Crippen LogP contribution in [0.4, 0.5) is 0 Å². The van der Waals surface area contributed by atoms with E-state index in [1.54, 1.807) is 18.1 Å². The molecule has 0 saturated carbocycles. The summed E-state index contributed by atoms with van der Waals surface area (Å²) in [6.45, 7) is 2.40. The van der Waals surface area contributed by atoms with Gasteiger partial charge in [0.1, 0.15) is 0 Å². The molecule has 0 bridgehead atoms. The Bertz CT molecular complexity index is 968. The zero-order chi connectivity index (χ0) is 22.3. The zero-order valence-corrected chi connectivity index (χ0v) is 18.3. The molecule has 166 valence electrons. The Hall–Kier alpha value is -3.45. The molecule has 4 rings (SSSR count). The van der Waals surface area contributed by atoms with Crippen molar-refractivity contribution in [3.63, 3.8) is 0 Å². The van der Waals surface area contributed by atoms with E-state index in [1.165, 1.54) is 11.1 Å². The highest BCUT2D eigenvalue weighted by molar-refractivity contribution is 5.88. The minimum Gasteiger partial charge on any atom is -0.353 e. The predicted octanol–water partition coefficient (Wildman–Crippen LogP) is 2.39. The Kier molecular flexibility index (Phi) is 6.97. The molecule has 7 nitrogen and oxygen atoms in total. The van der Waals surface area contributed by atoms with Gasteiger partial charge >= 0.3 is 0 Å². The topological polar surface area (TPSA) is 81.3 Å². The van der Waals surface area contributed by atoms with Crippen LogP contribution in [0.2, 0.25) is 0 Å². The first kappa shape index (κ1) is 21.8. The van der Waals surface area contributed by atoms with E-state index >= 15 is 0 Å². The van der Waals surface area contributed by atoms with Crippen LogP contribution < -0.4 is 5.32 Å². The standard InChI is InChI=1S/C25H29N5O2/c1-29(17-21-12-13-27-28-21)24(31)16-23-25(32)26-14-15-30(23)18-22(19-8-4-2-5-9-19)20-10-6-3-7-11-20/h2-13,22-23H,14-18H2,1H3,(H,26,32)(H,27,28). The predicted molar refractivity (Wildman–Crippen MR) is 123 cm³/mol. The Balaban J connectivity index is 1.52. The van der Waals surface area contributed by atoms with E-state index < -0.39 is 6.04 Å². The van der Waals surface area contributed by atoms with Gasteiger partial charge in [-0.25, -0.2) is 0 Å². The first-order valence-corrected chi connectivity index (χ1v) is 11.0. The summed E-state index contributed by atoms with van der Waals surface area (Å²) in [6, 6.07) is 22.0. The summed E-state index contributed by atoms with van der Waals surface area (Å²) in [5.41, 5.74) is 3.26. The Labute approximate surface area is 188 Å². The second-order valence-corrected chi connectivity index (χ2v) is 8.21. The molecule has 2 heterocycles. The summed E-state index contributed by atoms with van der Waals surface area (Å²) >= 11 is 0. The first-order chi connectivity index (χ1) is 15.6. The van der Waals surface area contributed by atoms with Crippen LogP contribution in [0.1, 0.15) is 29.2 Å². The Morgan fingerprint density at radius 1 is 1.09 bits per heavy atom. The van der Waals surface area contributed by atoms with Crippen LogP contribution in [0.5, 0.6) is 0 Å². The van der Waals surface area contributed by atoms with Crippen molar-refractivity contribution in [2.75, 3.05) is 26.7 Å². The Morgan fingerprint density at radius 2 is 1.75 bits per heavy atom. The molecule has 0 aliphatic carbocycles. The molecule has 0 spiro atoms. The highest BCUT2D eigenvalue weighted by Crippen LogP contribution is 2.27. The van der Waals surface area contributed by atoms with Gasteiger partial charge in [-0.2, -0.15) is 5.10 Å². The SMILES string of the molecule is CN(Cc1ccn[nH]1)C(=O)CC1C(=O)NCCN1CC(c1ccccc1)c1ccccc1. The fourth-order valence-corrected chi connectivity index (χ4v) is 4.25. The summed E-state index contributed by atoms with van der Waals surface area (Å²) in [5.74, 6) is -0.0364. The lowest BCUT2D eigenvalue weighted by molar-refractivity contribution is -0.138. The second kappa shape index (κ2) is 10.2. The summed E-state index contributed by atoms with van der Waals surface area (Å²) in [6.07, 6.45) is 1.81. The van der Waals surface area contributed by atoms with E-state index in [4.69, 9.17) is 0 Å². The van der Waals surface area contributed by atoms with Crippen molar-refractivity contribution in [2.24, 2.45) is 0 Å². The number of amides is 2. The number of benzene rings is 2. The summed E-state index contributed by atoms with van der Waals surface area (Å²) in [4.78, 5) is 29.5. The number of carbonyl (C=O) groups excluding carboxylic acids is 2. The van der Waals surface area contributed by atoms with Gasteiger partial charge in [-0.1, -0.05) is 60.7 Å². The van der Waals surface area contributed by atoms with Crippen LogP contribution in [0, 0.1) is 0 Å². The summed E-state index contributed by atoms with van der Waals surface area (Å²) in [5, 5.41) is 9.74. The molecule has 1 aromatic heterocycles. The van der Waals surface area contributed by atoms with Gasteiger partial charge in [0.15, 0.2) is 0 Å². The molecule has 7 heteroatoms. The van der Waals surface area contributed by atoms with Crippen LogP contribution in [-0.2, 0) is 16.1 Å². The average molecular weight is 432 g/mol. The van der Waals surface area contributed by atoms with Gasteiger partial charge in [-0.15, -0.1) is 0 Å². The maximum atomic E-state index is 12.9. The molecule has 1 saturated heterocycles. The smallest absolute Gasteiger partial charge is 0.237 e. The number of aromatic amines is 1. The van der Waals surface area contributed by atoms with Crippen molar-refractivity contribution in [2.45, 2.75) is 24.9 Å². The third-order valence-electron chi connectivity index (χ3n) is 6.02. The van der Waals surface area contributed by atoms with E-state index in [0.717, 1.165) is 5.69 Å². The van der Waals surface area contributed by atoms with Gasteiger partial charge in [0, 0.05) is 38.8 Å². The number of hydrogen-bond donors (Lipinski definition) is 2. The largest absolute Gasteiger partial charge is 0.353 e. The van der Waals surface area contributed by atoms with E-state index in [1.807, 2.05) is 42.5 Å². The minimum atomic E-state index is -0.490. The fraction of sp³-hybridized carbons (Fsp3) is 0.320. The van der Waals surface area contributed by atoms with Crippen molar-refractivity contribution >= 4 is 11.8 Å². The summed E-state index contributed by atoms with van der Waals surface area (Å²) < 4.78 is 0. The molecule has 3 aromatic rings. The lowest BCUT2D eigenvalue weighted by Gasteiger charge is -2.37. The van der Waals surface area contributed by atoms with Crippen molar-refractivity contribution in [3.05, 3.63) is 89.7 Å². The van der Waals surface area contributed by atoms with Gasteiger partial charge in [-0.3, -0.25) is 19.6 Å². The maximum Gasteiger partial charge on any atom is 0.237 e. The number of rotatable bonds is 8. The van der Waals surface area contributed by atoms with Crippen molar-refractivity contribution in [1.82, 2.24) is 25.3 Å². The summed E-state index contributed by atoms with van der Waals surface area (Å²) in [7, 11) is 1.75. The molecule has 2 aromatic carbocycles. The quantitative estimate of drug-likeness (QED) is 0.574. The number of H-pyrrole nitrogens is 1. The van der Waals surface area contributed by atoms with E-state index in [-0.39, 0.29) is 24.2 Å². The molecule has 1 atom stereocenters. The lowest BCUT2D eigenvalue weighted by Crippen LogP contribution is -2.57. The molecule has 0 radical (unpaired) electrons. The van der Waals surface area contributed by atoms with E-state index in [0.29, 0.717) is 26.2 Å². The molecular formula is C25H29N5O2. The zero-order valence-electron chi connectivity index (χ0n) is 18.3. The molecule has 1 fully saturated rings. The van der Waals surface area contributed by atoms with E-state index in [2.05, 4.69) is 44.7 Å². The third-order valence-corrected chi connectivity index (χ3v) is 6.02. The second-order valence-electron chi connectivity index (χ2n) is 8.21.